The highest BCUT2D eigenvalue weighted by Crippen LogP contribution is 2.42. The fourth-order valence-electron chi connectivity index (χ4n) is 3.05. The van der Waals surface area contributed by atoms with E-state index in [9.17, 15) is 4.79 Å². The van der Waals surface area contributed by atoms with Crippen molar-refractivity contribution in [3.8, 4) is 0 Å². The van der Waals surface area contributed by atoms with Crippen LogP contribution >= 0.6 is 0 Å². The van der Waals surface area contributed by atoms with Gasteiger partial charge in [0.1, 0.15) is 0 Å². The van der Waals surface area contributed by atoms with Crippen molar-refractivity contribution in [1.82, 2.24) is 10.2 Å². The summed E-state index contributed by atoms with van der Waals surface area (Å²) in [4.78, 5) is 14.5. The average Bonchev–Trinajstić information content (AvgIpc) is 2.54. The van der Waals surface area contributed by atoms with Crippen LogP contribution in [0.5, 0.6) is 0 Å². The molecule has 0 aromatic rings. The molecular formula is C14H26N2O. The summed E-state index contributed by atoms with van der Waals surface area (Å²) < 4.78 is 0. The lowest BCUT2D eigenvalue weighted by atomic mass is 9.70. The highest BCUT2D eigenvalue weighted by Gasteiger charge is 2.43. The molecule has 17 heavy (non-hydrogen) atoms. The Balaban J connectivity index is 2.06. The summed E-state index contributed by atoms with van der Waals surface area (Å²) in [6.07, 6.45) is 5.15. The largest absolute Gasteiger partial charge is 0.325 e. The summed E-state index contributed by atoms with van der Waals surface area (Å²) in [7, 11) is 0. The zero-order valence-corrected chi connectivity index (χ0v) is 11.6. The second-order valence-corrected chi connectivity index (χ2v) is 6.44. The van der Waals surface area contributed by atoms with Crippen molar-refractivity contribution in [1.29, 1.82) is 0 Å². The molecule has 1 heterocycles. The number of hydrogen-bond donors (Lipinski definition) is 1. The van der Waals surface area contributed by atoms with E-state index < -0.39 is 0 Å². The van der Waals surface area contributed by atoms with Gasteiger partial charge in [-0.05, 0) is 30.6 Å². The second kappa shape index (κ2) is 4.60. The van der Waals surface area contributed by atoms with Crippen LogP contribution in [-0.2, 0) is 4.79 Å². The van der Waals surface area contributed by atoms with Crippen LogP contribution in [0, 0.1) is 11.3 Å². The minimum Gasteiger partial charge on any atom is -0.325 e. The molecule has 1 saturated carbocycles. The number of carbonyl (C=O) groups is 1. The highest BCUT2D eigenvalue weighted by atomic mass is 16.2. The smallest absolute Gasteiger partial charge is 0.241 e. The molecule has 3 nitrogen and oxygen atoms in total. The molecule has 2 atom stereocenters. The fraction of sp³-hybridized carbons (Fsp3) is 0.929. The molecule has 0 aromatic carbocycles. The Bertz CT molecular complexity index is 297. The maximum absolute atomic E-state index is 12.4. The molecule has 1 saturated heterocycles. The Labute approximate surface area is 105 Å². The lowest BCUT2D eigenvalue weighted by Crippen LogP contribution is -2.46. The topological polar surface area (TPSA) is 32.3 Å². The number of hydrogen-bond acceptors (Lipinski definition) is 2. The molecule has 2 unspecified atom stereocenters. The molecule has 0 bridgehead atoms. The van der Waals surface area contributed by atoms with Gasteiger partial charge in [0.25, 0.3) is 0 Å². The first-order valence-electron chi connectivity index (χ1n) is 7.03. The normalized spacial score (nSPS) is 32.1. The number of nitrogens with one attached hydrogen (secondary N) is 1. The first-order chi connectivity index (χ1) is 7.97. The van der Waals surface area contributed by atoms with E-state index in [1.165, 1.54) is 19.3 Å². The molecule has 1 aliphatic heterocycles. The van der Waals surface area contributed by atoms with Crippen LogP contribution in [0.3, 0.4) is 0 Å². The molecule has 3 heteroatoms. The number of amides is 1. The van der Waals surface area contributed by atoms with Crippen LogP contribution < -0.4 is 5.32 Å². The third-order valence-corrected chi connectivity index (χ3v) is 4.46. The molecule has 98 valence electrons. The van der Waals surface area contributed by atoms with E-state index in [1.807, 2.05) is 0 Å². The van der Waals surface area contributed by atoms with Gasteiger partial charge >= 0.3 is 0 Å². The lowest BCUT2D eigenvalue weighted by molar-refractivity contribution is -0.133. The van der Waals surface area contributed by atoms with Gasteiger partial charge in [-0.15, -0.1) is 0 Å². The first-order valence-corrected chi connectivity index (χ1v) is 7.03. The number of carbonyl (C=O) groups excluding carboxylic acids is 1. The van der Waals surface area contributed by atoms with Crippen LogP contribution in [0.15, 0.2) is 0 Å². The zero-order chi connectivity index (χ0) is 12.6. The summed E-state index contributed by atoms with van der Waals surface area (Å²) >= 11 is 0. The number of nitrogens with zero attached hydrogens (tertiary/aromatic N) is 1. The van der Waals surface area contributed by atoms with Crippen LogP contribution in [-0.4, -0.2) is 29.6 Å². The quantitative estimate of drug-likeness (QED) is 0.815. The average molecular weight is 238 g/mol. The van der Waals surface area contributed by atoms with Gasteiger partial charge in [0.2, 0.25) is 5.91 Å². The van der Waals surface area contributed by atoms with Gasteiger partial charge < -0.3 is 4.90 Å². The van der Waals surface area contributed by atoms with Gasteiger partial charge in [-0.25, -0.2) is 0 Å². The molecule has 0 aromatic heterocycles. The minimum absolute atomic E-state index is 0.0311. The molecule has 0 spiro atoms. The maximum atomic E-state index is 12.4. The number of rotatable bonds is 4. The van der Waals surface area contributed by atoms with E-state index in [-0.39, 0.29) is 12.2 Å². The minimum atomic E-state index is 0.0311. The Morgan fingerprint density at radius 2 is 2.12 bits per heavy atom. The molecular weight excluding hydrogens is 212 g/mol. The van der Waals surface area contributed by atoms with E-state index in [0.29, 0.717) is 17.2 Å². The monoisotopic (exact) mass is 238 g/mol. The first kappa shape index (κ1) is 12.9. The van der Waals surface area contributed by atoms with E-state index in [2.05, 4.69) is 37.9 Å². The molecule has 0 radical (unpaired) electrons. The summed E-state index contributed by atoms with van der Waals surface area (Å²) in [5.74, 6) is 0.704. The van der Waals surface area contributed by atoms with Gasteiger partial charge in [0.15, 0.2) is 0 Å². The summed E-state index contributed by atoms with van der Waals surface area (Å²) in [6, 6.07) is 0.0311. The summed E-state index contributed by atoms with van der Waals surface area (Å²) in [5, 5.41) is 3.49. The van der Waals surface area contributed by atoms with E-state index in [4.69, 9.17) is 0 Å². The summed E-state index contributed by atoms with van der Waals surface area (Å²) in [6.45, 7) is 9.66. The fourth-order valence-corrected chi connectivity index (χ4v) is 3.05. The maximum Gasteiger partial charge on any atom is 0.241 e. The van der Waals surface area contributed by atoms with Crippen LogP contribution in [0.4, 0.5) is 0 Å². The predicted octanol–water partition coefficient (Wildman–Crippen LogP) is 2.37. The Hall–Kier alpha value is -0.570. The molecule has 2 fully saturated rings. The van der Waals surface area contributed by atoms with Crippen molar-refractivity contribution in [2.45, 2.75) is 65.6 Å². The van der Waals surface area contributed by atoms with Gasteiger partial charge in [-0.1, -0.05) is 34.1 Å². The highest BCUT2D eigenvalue weighted by molar-refractivity contribution is 5.84. The Morgan fingerprint density at radius 3 is 2.53 bits per heavy atom. The molecule has 1 amide bonds. The van der Waals surface area contributed by atoms with E-state index >= 15 is 0 Å². The van der Waals surface area contributed by atoms with Crippen LogP contribution in [0.1, 0.15) is 53.4 Å². The molecule has 1 aliphatic carbocycles. The van der Waals surface area contributed by atoms with Crippen molar-refractivity contribution >= 4 is 5.91 Å². The van der Waals surface area contributed by atoms with Crippen molar-refractivity contribution in [2.75, 3.05) is 6.54 Å². The Morgan fingerprint density at radius 1 is 1.47 bits per heavy atom. The molecule has 2 rings (SSSR count). The summed E-state index contributed by atoms with van der Waals surface area (Å²) in [5.41, 5.74) is 0.386. The van der Waals surface area contributed by atoms with Crippen LogP contribution in [0.2, 0.25) is 0 Å². The van der Waals surface area contributed by atoms with Gasteiger partial charge in [0, 0.05) is 6.54 Å². The molecule has 2 aliphatic rings. The standard InChI is InChI=1S/C14H26N2O/c1-5-11-15-12(10(2)3)13(17)16(11)9-14(4)7-6-8-14/h10-12,15H,5-9H2,1-4H3. The van der Waals surface area contributed by atoms with E-state index in [1.54, 1.807) is 0 Å². The van der Waals surface area contributed by atoms with Crippen LogP contribution in [0.25, 0.3) is 0 Å². The third kappa shape index (κ3) is 2.35. The SMILES string of the molecule is CCC1NC(C(C)C)C(=O)N1CC1(C)CCC1. The van der Waals surface area contributed by atoms with Crippen molar-refractivity contribution < 1.29 is 4.79 Å². The third-order valence-electron chi connectivity index (χ3n) is 4.46. The van der Waals surface area contributed by atoms with Crippen molar-refractivity contribution in [3.05, 3.63) is 0 Å². The van der Waals surface area contributed by atoms with Gasteiger partial charge in [-0.3, -0.25) is 10.1 Å². The van der Waals surface area contributed by atoms with Gasteiger partial charge in [0.05, 0.1) is 12.2 Å². The molecule has 1 N–H and O–H groups in total. The zero-order valence-electron chi connectivity index (χ0n) is 11.6. The Kier molecular flexibility index (Phi) is 3.48. The van der Waals surface area contributed by atoms with E-state index in [0.717, 1.165) is 13.0 Å². The second-order valence-electron chi connectivity index (χ2n) is 6.44. The predicted molar refractivity (Wildman–Crippen MR) is 69.5 cm³/mol. The van der Waals surface area contributed by atoms with Crippen molar-refractivity contribution in [2.24, 2.45) is 11.3 Å². The lowest BCUT2D eigenvalue weighted by Gasteiger charge is -2.42. The van der Waals surface area contributed by atoms with Gasteiger partial charge in [-0.2, -0.15) is 0 Å². The van der Waals surface area contributed by atoms with Crippen molar-refractivity contribution in [3.63, 3.8) is 0 Å².